The molecule has 1 N–H and O–H groups in total. The van der Waals surface area contributed by atoms with Gasteiger partial charge in [-0.2, -0.15) is 0 Å². The third-order valence-electron chi connectivity index (χ3n) is 4.94. The van der Waals surface area contributed by atoms with Crippen LogP contribution in [0.5, 0.6) is 0 Å². The van der Waals surface area contributed by atoms with Gasteiger partial charge in [0.05, 0.1) is 6.10 Å². The summed E-state index contributed by atoms with van der Waals surface area (Å²) in [4.78, 5) is 14.5. The van der Waals surface area contributed by atoms with E-state index in [4.69, 9.17) is 4.74 Å². The van der Waals surface area contributed by atoms with E-state index in [1.807, 2.05) is 0 Å². The van der Waals surface area contributed by atoms with Gasteiger partial charge < -0.3 is 15.0 Å². The summed E-state index contributed by atoms with van der Waals surface area (Å²) in [5, 5.41) is 3.23. The van der Waals surface area contributed by atoms with Crippen LogP contribution in [0, 0.1) is 0 Å². The van der Waals surface area contributed by atoms with Gasteiger partial charge in [-0.15, -0.1) is 0 Å². The van der Waals surface area contributed by atoms with Crippen LogP contribution in [0.2, 0.25) is 0 Å². The summed E-state index contributed by atoms with van der Waals surface area (Å²) >= 11 is 0. The molecule has 2 unspecified atom stereocenters. The van der Waals surface area contributed by atoms with Crippen LogP contribution in [-0.4, -0.2) is 42.3 Å². The molecule has 102 valence electrons. The minimum absolute atomic E-state index is 0.184. The minimum Gasteiger partial charge on any atom is -0.381 e. The average Bonchev–Trinajstić information content (AvgIpc) is 2.95. The van der Waals surface area contributed by atoms with Gasteiger partial charge >= 0.3 is 6.03 Å². The largest absolute Gasteiger partial charge is 0.381 e. The molecule has 0 spiro atoms. The first-order chi connectivity index (χ1) is 8.78. The SMILES string of the molecule is COC1CC2CCC(C1)N2C(=O)NC1CCCC1. The van der Waals surface area contributed by atoms with Gasteiger partial charge in [0.2, 0.25) is 0 Å². The zero-order valence-electron chi connectivity index (χ0n) is 11.2. The molecule has 0 aromatic rings. The molecule has 2 heterocycles. The predicted octanol–water partition coefficient (Wildman–Crippen LogP) is 2.28. The Labute approximate surface area is 109 Å². The van der Waals surface area contributed by atoms with Gasteiger partial charge in [-0.1, -0.05) is 12.8 Å². The highest BCUT2D eigenvalue weighted by Crippen LogP contribution is 2.36. The van der Waals surface area contributed by atoms with Crippen molar-refractivity contribution in [1.82, 2.24) is 10.2 Å². The number of carbonyl (C=O) groups is 1. The number of hydrogen-bond donors (Lipinski definition) is 1. The van der Waals surface area contributed by atoms with Crippen LogP contribution in [0.15, 0.2) is 0 Å². The molecule has 1 aliphatic carbocycles. The Morgan fingerprint density at radius 1 is 1.11 bits per heavy atom. The Morgan fingerprint density at radius 3 is 2.28 bits per heavy atom. The molecule has 2 atom stereocenters. The Balaban J connectivity index is 1.60. The van der Waals surface area contributed by atoms with Crippen molar-refractivity contribution in [2.75, 3.05) is 7.11 Å². The second-order valence-electron chi connectivity index (χ2n) is 6.05. The maximum atomic E-state index is 12.4. The summed E-state index contributed by atoms with van der Waals surface area (Å²) in [7, 11) is 1.79. The highest BCUT2D eigenvalue weighted by atomic mass is 16.5. The second kappa shape index (κ2) is 5.08. The number of nitrogens with zero attached hydrogens (tertiary/aromatic N) is 1. The van der Waals surface area contributed by atoms with Crippen LogP contribution in [0.1, 0.15) is 51.4 Å². The number of fused-ring (bicyclic) bond motifs is 2. The van der Waals surface area contributed by atoms with E-state index in [9.17, 15) is 4.79 Å². The number of carbonyl (C=O) groups excluding carboxylic acids is 1. The van der Waals surface area contributed by atoms with Crippen LogP contribution in [0.4, 0.5) is 4.79 Å². The molecule has 3 fully saturated rings. The lowest BCUT2D eigenvalue weighted by atomic mass is 10.00. The van der Waals surface area contributed by atoms with E-state index in [0.717, 1.165) is 38.5 Å². The molecule has 0 aromatic carbocycles. The van der Waals surface area contributed by atoms with Gasteiger partial charge in [0.15, 0.2) is 0 Å². The van der Waals surface area contributed by atoms with Crippen LogP contribution < -0.4 is 5.32 Å². The van der Waals surface area contributed by atoms with E-state index in [1.165, 1.54) is 12.8 Å². The first-order valence-electron chi connectivity index (χ1n) is 7.39. The molecule has 3 aliphatic rings. The first kappa shape index (κ1) is 12.3. The summed E-state index contributed by atoms with van der Waals surface area (Å²) in [6, 6.07) is 1.44. The fourth-order valence-electron chi connectivity index (χ4n) is 3.97. The van der Waals surface area contributed by atoms with Crippen molar-refractivity contribution >= 4 is 6.03 Å². The van der Waals surface area contributed by atoms with E-state index in [2.05, 4.69) is 10.2 Å². The molecule has 3 rings (SSSR count). The number of amides is 2. The number of nitrogens with one attached hydrogen (secondary N) is 1. The third kappa shape index (κ3) is 2.22. The van der Waals surface area contributed by atoms with Gasteiger partial charge in [0, 0.05) is 25.2 Å². The summed E-state index contributed by atoms with van der Waals surface area (Å²) < 4.78 is 5.48. The molecule has 2 saturated heterocycles. The van der Waals surface area contributed by atoms with Gasteiger partial charge in [-0.05, 0) is 38.5 Å². The maximum Gasteiger partial charge on any atom is 0.318 e. The lowest BCUT2D eigenvalue weighted by molar-refractivity contribution is 0.0205. The van der Waals surface area contributed by atoms with Crippen molar-refractivity contribution in [1.29, 1.82) is 0 Å². The van der Waals surface area contributed by atoms with E-state index in [0.29, 0.717) is 24.2 Å². The van der Waals surface area contributed by atoms with Crippen molar-refractivity contribution < 1.29 is 9.53 Å². The zero-order chi connectivity index (χ0) is 12.5. The maximum absolute atomic E-state index is 12.4. The fraction of sp³-hybridized carbons (Fsp3) is 0.929. The summed E-state index contributed by atoms with van der Waals surface area (Å²) in [6.45, 7) is 0. The minimum atomic E-state index is 0.184. The number of urea groups is 1. The number of piperidine rings is 1. The normalized spacial score (nSPS) is 36.1. The van der Waals surface area contributed by atoms with E-state index in [-0.39, 0.29) is 6.03 Å². The molecule has 0 aromatic heterocycles. The van der Waals surface area contributed by atoms with Gasteiger partial charge in [-0.3, -0.25) is 0 Å². The molecular formula is C14H24N2O2. The Hall–Kier alpha value is -0.770. The summed E-state index contributed by atoms with van der Waals surface area (Å²) in [6.07, 6.45) is 9.57. The van der Waals surface area contributed by atoms with Crippen molar-refractivity contribution in [2.24, 2.45) is 0 Å². The van der Waals surface area contributed by atoms with Gasteiger partial charge in [0.25, 0.3) is 0 Å². The Morgan fingerprint density at radius 2 is 1.72 bits per heavy atom. The highest BCUT2D eigenvalue weighted by molar-refractivity contribution is 5.75. The predicted molar refractivity (Wildman–Crippen MR) is 69.5 cm³/mol. The van der Waals surface area contributed by atoms with Crippen LogP contribution in [-0.2, 0) is 4.74 Å². The molecule has 4 heteroatoms. The van der Waals surface area contributed by atoms with Crippen molar-refractivity contribution in [3.05, 3.63) is 0 Å². The summed E-state index contributed by atoms with van der Waals surface area (Å²) in [5.74, 6) is 0. The third-order valence-corrected chi connectivity index (χ3v) is 4.94. The highest BCUT2D eigenvalue weighted by Gasteiger charge is 2.43. The molecule has 2 bridgehead atoms. The lowest BCUT2D eigenvalue weighted by Crippen LogP contribution is -2.53. The van der Waals surface area contributed by atoms with Crippen LogP contribution >= 0.6 is 0 Å². The van der Waals surface area contributed by atoms with Crippen LogP contribution in [0.25, 0.3) is 0 Å². The average molecular weight is 252 g/mol. The molecule has 2 aliphatic heterocycles. The number of ether oxygens (including phenoxy) is 1. The van der Waals surface area contributed by atoms with Crippen molar-refractivity contribution in [3.8, 4) is 0 Å². The topological polar surface area (TPSA) is 41.6 Å². The van der Waals surface area contributed by atoms with Crippen molar-refractivity contribution in [2.45, 2.75) is 75.6 Å². The number of methoxy groups -OCH3 is 1. The second-order valence-corrected chi connectivity index (χ2v) is 6.05. The number of rotatable bonds is 2. The molecular weight excluding hydrogens is 228 g/mol. The van der Waals surface area contributed by atoms with E-state index in [1.54, 1.807) is 7.11 Å². The Bertz CT molecular complexity index is 301. The molecule has 0 radical (unpaired) electrons. The van der Waals surface area contributed by atoms with Gasteiger partial charge in [0.1, 0.15) is 0 Å². The van der Waals surface area contributed by atoms with Crippen molar-refractivity contribution in [3.63, 3.8) is 0 Å². The summed E-state index contributed by atoms with van der Waals surface area (Å²) in [5.41, 5.74) is 0. The molecule has 18 heavy (non-hydrogen) atoms. The molecule has 4 nitrogen and oxygen atoms in total. The zero-order valence-corrected chi connectivity index (χ0v) is 11.2. The van der Waals surface area contributed by atoms with E-state index < -0.39 is 0 Å². The smallest absolute Gasteiger partial charge is 0.318 e. The Kier molecular flexibility index (Phi) is 3.46. The quantitative estimate of drug-likeness (QED) is 0.819. The van der Waals surface area contributed by atoms with E-state index >= 15 is 0 Å². The van der Waals surface area contributed by atoms with Crippen LogP contribution in [0.3, 0.4) is 0 Å². The molecule has 1 saturated carbocycles. The molecule has 2 amide bonds. The fourth-order valence-corrected chi connectivity index (χ4v) is 3.97. The number of hydrogen-bond acceptors (Lipinski definition) is 2. The lowest BCUT2D eigenvalue weighted by Gasteiger charge is -2.38. The standard InChI is InChI=1S/C14H24N2O2/c1-18-13-8-11-6-7-12(9-13)16(11)14(17)15-10-4-2-3-5-10/h10-13H,2-9H2,1H3,(H,15,17). The monoisotopic (exact) mass is 252 g/mol. The van der Waals surface area contributed by atoms with Gasteiger partial charge in [-0.25, -0.2) is 4.79 Å². The first-order valence-corrected chi connectivity index (χ1v) is 7.39.